The van der Waals surface area contributed by atoms with Gasteiger partial charge in [0.05, 0.1) is 20.6 Å². The van der Waals surface area contributed by atoms with E-state index in [0.717, 1.165) is 9.87 Å². The quantitative estimate of drug-likeness (QED) is 0.295. The van der Waals surface area contributed by atoms with Crippen LogP contribution in [0.5, 0.6) is 0 Å². The third-order valence-electron chi connectivity index (χ3n) is 5.99. The van der Waals surface area contributed by atoms with Crippen LogP contribution in [0.15, 0.2) is 71.6 Å². The first-order valence-electron chi connectivity index (χ1n) is 12.5. The van der Waals surface area contributed by atoms with Crippen molar-refractivity contribution in [1.29, 1.82) is 0 Å². The number of aryl methyl sites for hydroxylation is 1. The number of nitrogens with one attached hydrogen (secondary N) is 1. The Balaban J connectivity index is 2.05. The highest BCUT2D eigenvalue weighted by Crippen LogP contribution is 2.28. The van der Waals surface area contributed by atoms with E-state index in [1.165, 1.54) is 23.1 Å². The van der Waals surface area contributed by atoms with Gasteiger partial charge in [0.1, 0.15) is 12.6 Å². The van der Waals surface area contributed by atoms with Gasteiger partial charge in [-0.2, -0.15) is 0 Å². The Morgan fingerprint density at radius 3 is 2.15 bits per heavy atom. The van der Waals surface area contributed by atoms with E-state index in [2.05, 4.69) is 5.32 Å². The summed E-state index contributed by atoms with van der Waals surface area (Å²) < 4.78 is 28.7. The number of anilines is 1. The molecule has 0 spiro atoms. The molecule has 0 bridgehead atoms. The number of amides is 2. The van der Waals surface area contributed by atoms with Crippen LogP contribution in [-0.2, 0) is 26.2 Å². The number of halogens is 3. The van der Waals surface area contributed by atoms with E-state index in [4.69, 9.17) is 34.8 Å². The van der Waals surface area contributed by atoms with Gasteiger partial charge < -0.3 is 10.2 Å². The van der Waals surface area contributed by atoms with E-state index in [9.17, 15) is 18.0 Å². The van der Waals surface area contributed by atoms with Gasteiger partial charge in [0, 0.05) is 17.1 Å². The van der Waals surface area contributed by atoms with E-state index in [1.54, 1.807) is 55.5 Å². The highest BCUT2D eigenvalue weighted by Gasteiger charge is 2.33. The Labute approximate surface area is 251 Å². The maximum atomic E-state index is 14.0. The normalized spacial score (nSPS) is 12.5. The second-order valence-corrected chi connectivity index (χ2v) is 13.6. The molecule has 0 aliphatic carbocycles. The molecule has 1 N–H and O–H groups in total. The van der Waals surface area contributed by atoms with Crippen molar-refractivity contribution in [1.82, 2.24) is 10.2 Å². The summed E-state index contributed by atoms with van der Waals surface area (Å²) >= 11 is 18.5. The molecule has 0 aliphatic rings. The summed E-state index contributed by atoms with van der Waals surface area (Å²) in [7, 11) is -4.19. The molecule has 3 aromatic carbocycles. The van der Waals surface area contributed by atoms with Crippen LogP contribution in [0.4, 0.5) is 5.69 Å². The first kappa shape index (κ1) is 31.7. The summed E-state index contributed by atoms with van der Waals surface area (Å²) in [6, 6.07) is 16.5. The SMILES string of the molecule is Cc1ccc(S(=O)(=O)N(CC(=O)N(Cc2ccc(Cl)c(Cl)c2)[C@H](C)C(=O)NC(C)(C)C)c2cccc(Cl)c2)cc1. The minimum Gasteiger partial charge on any atom is -0.350 e. The smallest absolute Gasteiger partial charge is 0.264 e. The maximum absolute atomic E-state index is 14.0. The standard InChI is InChI=1S/C29H32Cl3N3O4S/c1-19-9-12-24(13-10-19)40(38,39)35(23-8-6-7-22(30)16-23)18-27(36)34(20(2)28(37)33-29(3,4)5)17-21-11-14-25(31)26(32)15-21/h6-16,20H,17-18H2,1-5H3,(H,33,37)/t20-/m1/s1. The molecule has 3 aromatic rings. The van der Waals surface area contributed by atoms with Crippen LogP contribution in [0.3, 0.4) is 0 Å². The summed E-state index contributed by atoms with van der Waals surface area (Å²) in [6.45, 7) is 8.34. The Kier molecular flexibility index (Phi) is 10.2. The fraction of sp³-hybridized carbons (Fsp3) is 0.310. The van der Waals surface area contributed by atoms with Gasteiger partial charge in [0.25, 0.3) is 10.0 Å². The Bertz CT molecular complexity index is 1490. The lowest BCUT2D eigenvalue weighted by atomic mass is 10.1. The van der Waals surface area contributed by atoms with Crippen molar-refractivity contribution in [2.75, 3.05) is 10.8 Å². The number of hydrogen-bond donors (Lipinski definition) is 1. The molecule has 214 valence electrons. The number of carbonyl (C=O) groups excluding carboxylic acids is 2. The zero-order chi connectivity index (χ0) is 29.8. The second kappa shape index (κ2) is 12.8. The molecular weight excluding hydrogens is 593 g/mol. The highest BCUT2D eigenvalue weighted by atomic mass is 35.5. The average molecular weight is 625 g/mol. The molecule has 0 heterocycles. The number of hydrogen-bond acceptors (Lipinski definition) is 4. The molecule has 11 heteroatoms. The van der Waals surface area contributed by atoms with Crippen molar-refractivity contribution in [3.63, 3.8) is 0 Å². The van der Waals surface area contributed by atoms with Gasteiger partial charge in [-0.15, -0.1) is 0 Å². The molecule has 0 aliphatic heterocycles. The molecule has 3 rings (SSSR count). The van der Waals surface area contributed by atoms with Gasteiger partial charge in [0.15, 0.2) is 0 Å². The Hall–Kier alpha value is -2.78. The number of rotatable bonds is 9. The molecule has 0 saturated heterocycles. The first-order valence-corrected chi connectivity index (χ1v) is 15.1. The monoisotopic (exact) mass is 623 g/mol. The fourth-order valence-electron chi connectivity index (χ4n) is 3.89. The molecule has 7 nitrogen and oxygen atoms in total. The zero-order valence-electron chi connectivity index (χ0n) is 22.9. The van der Waals surface area contributed by atoms with Crippen LogP contribution in [0.1, 0.15) is 38.8 Å². The summed E-state index contributed by atoms with van der Waals surface area (Å²) in [5.74, 6) is -0.991. The Morgan fingerprint density at radius 2 is 1.57 bits per heavy atom. The van der Waals surface area contributed by atoms with E-state index in [0.29, 0.717) is 20.6 Å². The van der Waals surface area contributed by atoms with Crippen LogP contribution in [-0.4, -0.2) is 43.3 Å². The van der Waals surface area contributed by atoms with Gasteiger partial charge >= 0.3 is 0 Å². The molecule has 0 radical (unpaired) electrons. The third-order valence-corrected chi connectivity index (χ3v) is 8.75. The van der Waals surface area contributed by atoms with Crippen molar-refractivity contribution < 1.29 is 18.0 Å². The van der Waals surface area contributed by atoms with Crippen LogP contribution in [0.25, 0.3) is 0 Å². The summed E-state index contributed by atoms with van der Waals surface area (Å²) in [5.41, 5.74) is 1.16. The summed E-state index contributed by atoms with van der Waals surface area (Å²) in [4.78, 5) is 28.5. The minimum absolute atomic E-state index is 0.0115. The Morgan fingerprint density at radius 1 is 0.925 bits per heavy atom. The van der Waals surface area contributed by atoms with Crippen molar-refractivity contribution in [3.8, 4) is 0 Å². The first-order chi connectivity index (χ1) is 18.6. The van der Waals surface area contributed by atoms with E-state index in [-0.39, 0.29) is 17.1 Å². The summed E-state index contributed by atoms with van der Waals surface area (Å²) in [5, 5.41) is 3.83. The second-order valence-electron chi connectivity index (χ2n) is 10.5. The molecule has 40 heavy (non-hydrogen) atoms. The number of nitrogens with zero attached hydrogens (tertiary/aromatic N) is 2. The lowest BCUT2D eigenvalue weighted by molar-refractivity contribution is -0.140. The van der Waals surface area contributed by atoms with Gasteiger partial charge in [-0.1, -0.05) is 64.6 Å². The average Bonchev–Trinajstić information content (AvgIpc) is 2.86. The maximum Gasteiger partial charge on any atom is 0.264 e. The predicted octanol–water partition coefficient (Wildman–Crippen LogP) is 6.48. The van der Waals surface area contributed by atoms with Crippen molar-refractivity contribution >= 4 is 62.3 Å². The molecule has 0 unspecified atom stereocenters. The third kappa shape index (κ3) is 8.13. The highest BCUT2D eigenvalue weighted by molar-refractivity contribution is 7.92. The van der Waals surface area contributed by atoms with Crippen molar-refractivity contribution in [2.24, 2.45) is 0 Å². The van der Waals surface area contributed by atoms with Crippen LogP contribution < -0.4 is 9.62 Å². The van der Waals surface area contributed by atoms with E-state index < -0.39 is 40.0 Å². The minimum atomic E-state index is -4.19. The summed E-state index contributed by atoms with van der Waals surface area (Å²) in [6.07, 6.45) is 0. The molecule has 2 amide bonds. The molecular formula is C29H32Cl3N3O4S. The molecule has 1 atom stereocenters. The van der Waals surface area contributed by atoms with Crippen molar-refractivity contribution in [2.45, 2.75) is 57.6 Å². The number of sulfonamides is 1. The fourth-order valence-corrected chi connectivity index (χ4v) is 5.80. The van der Waals surface area contributed by atoms with Gasteiger partial charge in [-0.25, -0.2) is 8.42 Å². The largest absolute Gasteiger partial charge is 0.350 e. The topological polar surface area (TPSA) is 86.8 Å². The molecule has 0 fully saturated rings. The lowest BCUT2D eigenvalue weighted by Gasteiger charge is -2.33. The number of benzene rings is 3. The van der Waals surface area contributed by atoms with Crippen LogP contribution in [0.2, 0.25) is 15.1 Å². The zero-order valence-corrected chi connectivity index (χ0v) is 26.0. The lowest BCUT2D eigenvalue weighted by Crippen LogP contribution is -2.54. The van der Waals surface area contributed by atoms with Crippen LogP contribution >= 0.6 is 34.8 Å². The van der Waals surface area contributed by atoms with Gasteiger partial charge in [0.2, 0.25) is 11.8 Å². The van der Waals surface area contributed by atoms with E-state index >= 15 is 0 Å². The van der Waals surface area contributed by atoms with E-state index in [1.807, 2.05) is 27.7 Å². The molecule has 0 saturated carbocycles. The van der Waals surface area contributed by atoms with Crippen LogP contribution in [0, 0.1) is 6.92 Å². The van der Waals surface area contributed by atoms with Gasteiger partial charge in [-0.3, -0.25) is 13.9 Å². The predicted molar refractivity (Wildman–Crippen MR) is 162 cm³/mol. The molecule has 0 aromatic heterocycles. The number of carbonyl (C=O) groups is 2. The van der Waals surface area contributed by atoms with Gasteiger partial charge in [-0.05, 0) is 82.6 Å². The van der Waals surface area contributed by atoms with Crippen molar-refractivity contribution in [3.05, 3.63) is 92.9 Å².